The van der Waals surface area contributed by atoms with E-state index in [0.29, 0.717) is 23.3 Å². The molecule has 1 heterocycles. The van der Waals surface area contributed by atoms with Crippen molar-refractivity contribution in [3.8, 4) is 0 Å². The number of methoxy groups -OCH3 is 1. The van der Waals surface area contributed by atoms with Gasteiger partial charge in [0.1, 0.15) is 4.90 Å². The third-order valence-electron chi connectivity index (χ3n) is 3.98. The van der Waals surface area contributed by atoms with Crippen molar-refractivity contribution in [1.29, 1.82) is 0 Å². The number of pyridine rings is 1. The molecule has 0 aliphatic carbocycles. The number of hydroxylamine groups is 1. The Kier molecular flexibility index (Phi) is 7.90. The minimum absolute atomic E-state index is 0.00591. The number of sulfonamides is 1. The van der Waals surface area contributed by atoms with E-state index >= 15 is 0 Å². The van der Waals surface area contributed by atoms with Gasteiger partial charge in [-0.1, -0.05) is 22.1 Å². The lowest BCUT2D eigenvalue weighted by Gasteiger charge is -2.23. The van der Waals surface area contributed by atoms with Crippen molar-refractivity contribution in [2.75, 3.05) is 34.4 Å². The molecule has 0 saturated heterocycles. The molecular formula is C18H22ClN3O5S. The Morgan fingerprint density at radius 3 is 2.57 bits per heavy atom. The summed E-state index contributed by atoms with van der Waals surface area (Å²) in [5.41, 5.74) is 0.882. The molecule has 0 atom stereocenters. The number of nitrogens with zero attached hydrogens (tertiary/aromatic N) is 3. The number of rotatable bonds is 9. The molecule has 0 aliphatic heterocycles. The van der Waals surface area contributed by atoms with Gasteiger partial charge in [-0.25, -0.2) is 8.42 Å². The van der Waals surface area contributed by atoms with E-state index in [4.69, 9.17) is 21.2 Å². The summed E-state index contributed by atoms with van der Waals surface area (Å²) in [5.74, 6) is -0.365. The first-order chi connectivity index (χ1) is 13.3. The predicted octanol–water partition coefficient (Wildman–Crippen LogP) is 2.21. The first-order valence-electron chi connectivity index (χ1n) is 8.32. The van der Waals surface area contributed by atoms with Gasteiger partial charge in [0.15, 0.2) is 0 Å². The quantitative estimate of drug-likeness (QED) is 0.570. The van der Waals surface area contributed by atoms with Gasteiger partial charge in [-0.15, -0.1) is 0 Å². The van der Waals surface area contributed by atoms with Crippen LogP contribution in [-0.2, 0) is 26.1 Å². The van der Waals surface area contributed by atoms with Gasteiger partial charge in [0.2, 0.25) is 0 Å². The molecule has 2 rings (SSSR count). The molecule has 8 nitrogen and oxygen atoms in total. The van der Waals surface area contributed by atoms with Gasteiger partial charge >= 0.3 is 0 Å². The summed E-state index contributed by atoms with van der Waals surface area (Å²) in [6.45, 7) is 0.893. The zero-order valence-electron chi connectivity index (χ0n) is 15.8. The van der Waals surface area contributed by atoms with Gasteiger partial charge in [-0.05, 0) is 30.3 Å². The van der Waals surface area contributed by atoms with Crippen LogP contribution >= 0.6 is 11.6 Å². The van der Waals surface area contributed by atoms with Crippen LogP contribution in [0.25, 0.3) is 0 Å². The zero-order chi connectivity index (χ0) is 20.7. The van der Waals surface area contributed by atoms with Crippen LogP contribution in [0.5, 0.6) is 0 Å². The standard InChI is InChI=1S/C18H22ClN3O5S/c1-21(27-3)28(24,25)17-12-14(7-8-16(17)19)18(23)22(10-11-26-2)13-15-6-4-5-9-20-15/h4-9,12H,10-11,13H2,1-3H3. The second kappa shape index (κ2) is 9.94. The van der Waals surface area contributed by atoms with E-state index in [9.17, 15) is 13.2 Å². The molecule has 0 spiro atoms. The van der Waals surface area contributed by atoms with Gasteiger partial charge in [0.25, 0.3) is 15.9 Å². The molecule has 10 heteroatoms. The summed E-state index contributed by atoms with van der Waals surface area (Å²) in [6.07, 6.45) is 1.64. The fourth-order valence-electron chi connectivity index (χ4n) is 2.39. The monoisotopic (exact) mass is 427 g/mol. The summed E-state index contributed by atoms with van der Waals surface area (Å²) in [6, 6.07) is 9.52. The van der Waals surface area contributed by atoms with Crippen LogP contribution in [0.1, 0.15) is 16.1 Å². The van der Waals surface area contributed by atoms with Gasteiger partial charge in [-0.2, -0.15) is 0 Å². The van der Waals surface area contributed by atoms with E-state index in [1.54, 1.807) is 18.3 Å². The van der Waals surface area contributed by atoms with Gasteiger partial charge < -0.3 is 9.64 Å². The van der Waals surface area contributed by atoms with E-state index < -0.39 is 10.0 Å². The topological polar surface area (TPSA) is 89.0 Å². The number of ether oxygens (including phenoxy) is 1. The fraction of sp³-hybridized carbons (Fsp3) is 0.333. The molecule has 1 aromatic heterocycles. The molecule has 1 aromatic carbocycles. The highest BCUT2D eigenvalue weighted by Gasteiger charge is 2.26. The van der Waals surface area contributed by atoms with E-state index in [0.717, 1.165) is 0 Å². The summed E-state index contributed by atoms with van der Waals surface area (Å²) >= 11 is 6.06. The van der Waals surface area contributed by atoms with Crippen LogP contribution in [-0.4, -0.2) is 63.1 Å². The van der Waals surface area contributed by atoms with Crippen molar-refractivity contribution in [1.82, 2.24) is 14.4 Å². The van der Waals surface area contributed by atoms with Crippen molar-refractivity contribution in [3.63, 3.8) is 0 Å². The molecule has 0 unspecified atom stereocenters. The minimum atomic E-state index is -4.01. The minimum Gasteiger partial charge on any atom is -0.383 e. The molecule has 0 radical (unpaired) electrons. The number of carbonyl (C=O) groups is 1. The van der Waals surface area contributed by atoms with Crippen molar-refractivity contribution in [2.24, 2.45) is 0 Å². The molecule has 0 fully saturated rings. The number of carbonyl (C=O) groups excluding carboxylic acids is 1. The Morgan fingerprint density at radius 1 is 1.21 bits per heavy atom. The van der Waals surface area contributed by atoms with E-state index in [2.05, 4.69) is 4.98 Å². The Hall–Kier alpha value is -2.04. The first kappa shape index (κ1) is 22.3. The van der Waals surface area contributed by atoms with Crippen molar-refractivity contribution < 1.29 is 22.8 Å². The molecule has 1 amide bonds. The van der Waals surface area contributed by atoms with Crippen molar-refractivity contribution in [2.45, 2.75) is 11.4 Å². The van der Waals surface area contributed by atoms with Crippen molar-refractivity contribution >= 4 is 27.5 Å². The SMILES string of the molecule is COCCN(Cc1ccccn1)C(=O)c1ccc(Cl)c(S(=O)(=O)N(C)OC)c1. The molecule has 0 aliphatic rings. The fourth-order valence-corrected chi connectivity index (χ4v) is 3.87. The molecule has 0 saturated carbocycles. The molecule has 28 heavy (non-hydrogen) atoms. The highest BCUT2D eigenvalue weighted by Crippen LogP contribution is 2.26. The smallest absolute Gasteiger partial charge is 0.266 e. The molecule has 2 aromatic rings. The molecule has 0 bridgehead atoms. The van der Waals surface area contributed by atoms with Crippen LogP contribution < -0.4 is 0 Å². The van der Waals surface area contributed by atoms with Crippen molar-refractivity contribution in [3.05, 3.63) is 58.9 Å². The van der Waals surface area contributed by atoms with Gasteiger partial charge in [0, 0.05) is 32.5 Å². The Labute approximate surface area is 169 Å². The maximum absolute atomic E-state index is 13.0. The van der Waals surface area contributed by atoms with Crippen LogP contribution in [0, 0.1) is 0 Å². The maximum atomic E-state index is 13.0. The van der Waals surface area contributed by atoms with E-state index in [1.165, 1.54) is 44.4 Å². The average molecular weight is 428 g/mol. The average Bonchev–Trinajstić information content (AvgIpc) is 2.70. The van der Waals surface area contributed by atoms with Crippen LogP contribution in [0.3, 0.4) is 0 Å². The van der Waals surface area contributed by atoms with Crippen LogP contribution in [0.15, 0.2) is 47.5 Å². The predicted molar refractivity (Wildman–Crippen MR) is 104 cm³/mol. The summed E-state index contributed by atoms with van der Waals surface area (Å²) in [4.78, 5) is 23.4. The number of hydrogen-bond acceptors (Lipinski definition) is 6. The number of hydrogen-bond donors (Lipinski definition) is 0. The lowest BCUT2D eigenvalue weighted by atomic mass is 10.2. The van der Waals surface area contributed by atoms with Gasteiger partial charge in [0.05, 0.1) is 31.0 Å². The lowest BCUT2D eigenvalue weighted by Crippen LogP contribution is -2.34. The largest absolute Gasteiger partial charge is 0.383 e. The van der Waals surface area contributed by atoms with E-state index in [1.807, 2.05) is 6.07 Å². The van der Waals surface area contributed by atoms with Crippen LogP contribution in [0.2, 0.25) is 5.02 Å². The Bertz CT molecular complexity index is 909. The second-order valence-corrected chi connectivity index (χ2v) is 8.09. The Morgan fingerprint density at radius 2 is 1.96 bits per heavy atom. The summed E-state index contributed by atoms with van der Waals surface area (Å²) in [7, 11) is -0.00300. The number of halogens is 1. The molecular weight excluding hydrogens is 406 g/mol. The normalized spacial score (nSPS) is 11.6. The maximum Gasteiger partial charge on any atom is 0.266 e. The number of amides is 1. The molecule has 0 N–H and O–H groups in total. The van der Waals surface area contributed by atoms with E-state index in [-0.39, 0.29) is 27.9 Å². The highest BCUT2D eigenvalue weighted by atomic mass is 35.5. The first-order valence-corrected chi connectivity index (χ1v) is 10.1. The number of aromatic nitrogens is 1. The third-order valence-corrected chi connectivity index (χ3v) is 6.14. The van der Waals surface area contributed by atoms with Gasteiger partial charge in [-0.3, -0.25) is 14.6 Å². The second-order valence-electron chi connectivity index (χ2n) is 5.78. The van der Waals surface area contributed by atoms with Crippen LogP contribution in [0.4, 0.5) is 0 Å². The Balaban J connectivity index is 2.37. The molecule has 152 valence electrons. The summed E-state index contributed by atoms with van der Waals surface area (Å²) in [5, 5.41) is -0.00591. The lowest BCUT2D eigenvalue weighted by molar-refractivity contribution is -0.0258. The highest BCUT2D eigenvalue weighted by molar-refractivity contribution is 7.89. The summed E-state index contributed by atoms with van der Waals surface area (Å²) < 4.78 is 30.9. The number of benzene rings is 1. The zero-order valence-corrected chi connectivity index (χ0v) is 17.4. The third kappa shape index (κ3) is 5.27.